The second kappa shape index (κ2) is 7.52. The van der Waals surface area contributed by atoms with E-state index >= 15 is 0 Å². The monoisotopic (exact) mass is 348 g/mol. The number of aromatic nitrogens is 3. The Morgan fingerprint density at radius 3 is 2.50 bits per heavy atom. The van der Waals surface area contributed by atoms with Crippen LogP contribution in [-0.4, -0.2) is 20.7 Å². The first kappa shape index (κ1) is 17.9. The Kier molecular flexibility index (Phi) is 5.16. The fraction of sp³-hybridized carbons (Fsp3) is 0.286. The Bertz CT molecular complexity index is 864. The van der Waals surface area contributed by atoms with Crippen LogP contribution in [-0.2, 0) is 16.8 Å². The summed E-state index contributed by atoms with van der Waals surface area (Å²) in [5, 5.41) is 7.60. The van der Waals surface area contributed by atoms with Crippen LogP contribution in [0.4, 0.5) is 5.82 Å². The lowest BCUT2D eigenvalue weighted by atomic mass is 10.1. The molecular formula is C21H24N4O. The summed E-state index contributed by atoms with van der Waals surface area (Å²) in [6.45, 7) is 6.21. The summed E-state index contributed by atoms with van der Waals surface area (Å²) < 4.78 is 1.87. The lowest BCUT2D eigenvalue weighted by Gasteiger charge is -2.23. The minimum Gasteiger partial charge on any atom is -0.310 e. The zero-order chi connectivity index (χ0) is 18.6. The van der Waals surface area contributed by atoms with Gasteiger partial charge in [-0.3, -0.25) is 9.78 Å². The molecule has 0 aliphatic heterocycles. The van der Waals surface area contributed by atoms with Crippen LogP contribution in [0.3, 0.4) is 0 Å². The molecule has 0 bridgehead atoms. The molecular weight excluding hydrogens is 324 g/mol. The van der Waals surface area contributed by atoms with Crippen molar-refractivity contribution in [3.63, 3.8) is 0 Å². The second-order valence-corrected chi connectivity index (χ2v) is 7.26. The molecule has 0 aliphatic carbocycles. The third kappa shape index (κ3) is 4.17. The smallest absolute Gasteiger partial charge is 0.225 e. The standard InChI is InChI=1S/C21H24N4O/c1-21(2,3)25-20(18(15-23-25)17-9-5-4-6-10-17)24-19(26)12-11-16-8-7-13-22-14-16/h4-10,13-15H,11-12H2,1-3H3,(H,24,26). The minimum atomic E-state index is -0.237. The normalized spacial score (nSPS) is 11.3. The number of carbonyl (C=O) groups is 1. The Balaban J connectivity index is 1.83. The first-order chi connectivity index (χ1) is 12.4. The number of nitrogens with zero attached hydrogens (tertiary/aromatic N) is 3. The summed E-state index contributed by atoms with van der Waals surface area (Å²) in [6, 6.07) is 13.9. The number of hydrogen-bond donors (Lipinski definition) is 1. The number of benzene rings is 1. The van der Waals surface area contributed by atoms with Crippen molar-refractivity contribution < 1.29 is 4.79 Å². The van der Waals surface area contributed by atoms with Crippen molar-refractivity contribution in [1.82, 2.24) is 14.8 Å². The van der Waals surface area contributed by atoms with Gasteiger partial charge in [-0.1, -0.05) is 36.4 Å². The van der Waals surface area contributed by atoms with Crippen LogP contribution in [0.2, 0.25) is 0 Å². The fourth-order valence-corrected chi connectivity index (χ4v) is 2.80. The number of aryl methyl sites for hydroxylation is 1. The van der Waals surface area contributed by atoms with E-state index in [0.29, 0.717) is 12.8 Å². The lowest BCUT2D eigenvalue weighted by Crippen LogP contribution is -2.27. The number of nitrogens with one attached hydrogen (secondary N) is 1. The van der Waals surface area contributed by atoms with E-state index in [1.54, 1.807) is 12.4 Å². The van der Waals surface area contributed by atoms with Gasteiger partial charge in [0, 0.05) is 24.4 Å². The summed E-state index contributed by atoms with van der Waals surface area (Å²) in [6.07, 6.45) is 6.40. The van der Waals surface area contributed by atoms with Crippen LogP contribution < -0.4 is 5.32 Å². The van der Waals surface area contributed by atoms with Crippen LogP contribution in [0.25, 0.3) is 11.1 Å². The fourth-order valence-electron chi connectivity index (χ4n) is 2.80. The van der Waals surface area contributed by atoms with Crippen LogP contribution >= 0.6 is 0 Å². The van der Waals surface area contributed by atoms with E-state index < -0.39 is 0 Å². The van der Waals surface area contributed by atoms with E-state index in [9.17, 15) is 4.79 Å². The Morgan fingerprint density at radius 1 is 1.08 bits per heavy atom. The third-order valence-corrected chi connectivity index (χ3v) is 4.11. The Hall–Kier alpha value is -2.95. The third-order valence-electron chi connectivity index (χ3n) is 4.11. The summed E-state index contributed by atoms with van der Waals surface area (Å²) in [5.74, 6) is 0.705. The first-order valence-electron chi connectivity index (χ1n) is 8.78. The molecule has 0 radical (unpaired) electrons. The van der Waals surface area contributed by atoms with Gasteiger partial charge in [-0.15, -0.1) is 0 Å². The maximum atomic E-state index is 12.6. The lowest BCUT2D eigenvalue weighted by molar-refractivity contribution is -0.116. The maximum Gasteiger partial charge on any atom is 0.225 e. The zero-order valence-electron chi connectivity index (χ0n) is 15.4. The van der Waals surface area contributed by atoms with Gasteiger partial charge in [-0.25, -0.2) is 4.68 Å². The SMILES string of the molecule is CC(C)(C)n1ncc(-c2ccccc2)c1NC(=O)CCc1cccnc1. The molecule has 0 saturated heterocycles. The quantitative estimate of drug-likeness (QED) is 0.749. The molecule has 0 aliphatic rings. The van der Waals surface area contributed by atoms with Gasteiger partial charge in [0.25, 0.3) is 0 Å². The molecule has 0 atom stereocenters. The summed E-state index contributed by atoms with van der Waals surface area (Å²) in [5.41, 5.74) is 2.77. The van der Waals surface area contributed by atoms with E-state index in [-0.39, 0.29) is 11.4 Å². The number of carbonyl (C=O) groups excluding carboxylic acids is 1. The van der Waals surface area contributed by atoms with Gasteiger partial charge in [0.1, 0.15) is 5.82 Å². The molecule has 0 fully saturated rings. The summed E-state index contributed by atoms with van der Waals surface area (Å²) in [4.78, 5) is 16.7. The van der Waals surface area contributed by atoms with Crippen LogP contribution in [0, 0.1) is 0 Å². The topological polar surface area (TPSA) is 59.8 Å². The molecule has 2 heterocycles. The Morgan fingerprint density at radius 2 is 1.85 bits per heavy atom. The van der Waals surface area contributed by atoms with Gasteiger partial charge in [-0.05, 0) is 44.4 Å². The molecule has 3 aromatic rings. The van der Waals surface area contributed by atoms with Crippen molar-refractivity contribution in [1.29, 1.82) is 0 Å². The largest absolute Gasteiger partial charge is 0.310 e. The van der Waals surface area contributed by atoms with E-state index in [2.05, 4.69) is 36.2 Å². The molecule has 0 saturated carbocycles. The maximum absolute atomic E-state index is 12.6. The molecule has 5 nitrogen and oxygen atoms in total. The number of rotatable bonds is 5. The van der Waals surface area contributed by atoms with Crippen LogP contribution in [0.5, 0.6) is 0 Å². The average Bonchev–Trinajstić information content (AvgIpc) is 3.05. The molecule has 26 heavy (non-hydrogen) atoms. The molecule has 134 valence electrons. The second-order valence-electron chi connectivity index (χ2n) is 7.26. The van der Waals surface area contributed by atoms with Crippen molar-refractivity contribution in [2.45, 2.75) is 39.2 Å². The van der Waals surface area contributed by atoms with E-state index in [4.69, 9.17) is 0 Å². The van der Waals surface area contributed by atoms with Gasteiger partial charge >= 0.3 is 0 Å². The van der Waals surface area contributed by atoms with Crippen LogP contribution in [0.1, 0.15) is 32.8 Å². The number of amides is 1. The highest BCUT2D eigenvalue weighted by atomic mass is 16.1. The molecule has 1 amide bonds. The first-order valence-corrected chi connectivity index (χ1v) is 8.78. The summed E-state index contributed by atoms with van der Waals surface area (Å²) >= 11 is 0. The van der Waals surface area contributed by atoms with E-state index in [1.165, 1.54) is 0 Å². The molecule has 1 N–H and O–H groups in total. The molecule has 3 rings (SSSR count). The highest BCUT2D eigenvalue weighted by molar-refractivity contribution is 5.94. The molecule has 5 heteroatoms. The number of hydrogen-bond acceptors (Lipinski definition) is 3. The van der Waals surface area contributed by atoms with Crippen molar-refractivity contribution >= 4 is 11.7 Å². The van der Waals surface area contributed by atoms with Crippen LogP contribution in [0.15, 0.2) is 61.1 Å². The minimum absolute atomic E-state index is 0.0305. The predicted octanol–water partition coefficient (Wildman–Crippen LogP) is 4.27. The molecule has 0 unspecified atom stereocenters. The highest BCUT2D eigenvalue weighted by Crippen LogP contribution is 2.31. The predicted molar refractivity (Wildman–Crippen MR) is 104 cm³/mol. The van der Waals surface area contributed by atoms with Crippen molar-refractivity contribution in [3.05, 3.63) is 66.6 Å². The van der Waals surface area contributed by atoms with Gasteiger partial charge in [0.15, 0.2) is 0 Å². The zero-order valence-corrected chi connectivity index (χ0v) is 15.4. The molecule has 0 spiro atoms. The Labute approximate surface area is 154 Å². The van der Waals surface area contributed by atoms with Crippen molar-refractivity contribution in [3.8, 4) is 11.1 Å². The van der Waals surface area contributed by atoms with Gasteiger partial charge in [0.05, 0.1) is 11.7 Å². The van der Waals surface area contributed by atoms with E-state index in [0.717, 1.165) is 22.5 Å². The van der Waals surface area contributed by atoms with Gasteiger partial charge in [-0.2, -0.15) is 5.10 Å². The van der Waals surface area contributed by atoms with Gasteiger partial charge in [0.2, 0.25) is 5.91 Å². The van der Waals surface area contributed by atoms with Crippen molar-refractivity contribution in [2.75, 3.05) is 5.32 Å². The molecule has 2 aromatic heterocycles. The molecule has 1 aromatic carbocycles. The number of anilines is 1. The number of pyridine rings is 1. The van der Waals surface area contributed by atoms with Crippen molar-refractivity contribution in [2.24, 2.45) is 0 Å². The van der Waals surface area contributed by atoms with E-state index in [1.807, 2.05) is 53.3 Å². The highest BCUT2D eigenvalue weighted by Gasteiger charge is 2.23. The summed E-state index contributed by atoms with van der Waals surface area (Å²) in [7, 11) is 0. The average molecular weight is 348 g/mol. The van der Waals surface area contributed by atoms with Gasteiger partial charge < -0.3 is 5.32 Å².